The standard InChI is InChI=1S/C10H21NO3/c1-9(11)8-12-6-7-14-10-4-2-3-5-13-10/h9-10H,2-8,11H2,1H3. The first-order valence-electron chi connectivity index (χ1n) is 5.35. The summed E-state index contributed by atoms with van der Waals surface area (Å²) in [4.78, 5) is 0. The van der Waals surface area contributed by atoms with Crippen molar-refractivity contribution < 1.29 is 14.2 Å². The molecule has 0 radical (unpaired) electrons. The summed E-state index contributed by atoms with van der Waals surface area (Å²) in [6.07, 6.45) is 3.35. The van der Waals surface area contributed by atoms with Crippen molar-refractivity contribution in [2.45, 2.75) is 38.5 Å². The largest absolute Gasteiger partial charge is 0.377 e. The zero-order valence-electron chi connectivity index (χ0n) is 8.91. The summed E-state index contributed by atoms with van der Waals surface area (Å²) in [5, 5.41) is 0. The minimum atomic E-state index is -0.0114. The summed E-state index contributed by atoms with van der Waals surface area (Å²) < 4.78 is 16.2. The van der Waals surface area contributed by atoms with Crippen molar-refractivity contribution in [1.29, 1.82) is 0 Å². The molecule has 1 aliphatic heterocycles. The SMILES string of the molecule is CC(N)COCCOC1CCCCO1. The molecule has 2 atom stereocenters. The van der Waals surface area contributed by atoms with Crippen LogP contribution in [0.3, 0.4) is 0 Å². The lowest BCUT2D eigenvalue weighted by Gasteiger charge is -2.22. The second-order valence-electron chi connectivity index (χ2n) is 3.72. The van der Waals surface area contributed by atoms with Gasteiger partial charge in [0.1, 0.15) is 0 Å². The fourth-order valence-corrected chi connectivity index (χ4v) is 1.35. The lowest BCUT2D eigenvalue weighted by atomic mass is 10.2. The van der Waals surface area contributed by atoms with Gasteiger partial charge in [-0.1, -0.05) is 0 Å². The quantitative estimate of drug-likeness (QED) is 0.651. The van der Waals surface area contributed by atoms with Crippen molar-refractivity contribution in [3.05, 3.63) is 0 Å². The Morgan fingerprint density at radius 1 is 1.43 bits per heavy atom. The highest BCUT2D eigenvalue weighted by Gasteiger charge is 2.13. The molecule has 0 aromatic carbocycles. The number of hydrogen-bond acceptors (Lipinski definition) is 4. The summed E-state index contributed by atoms with van der Waals surface area (Å²) in [6, 6.07) is 0.0981. The maximum Gasteiger partial charge on any atom is 0.157 e. The predicted octanol–water partition coefficient (Wildman–Crippen LogP) is 0.893. The molecule has 0 bridgehead atoms. The minimum Gasteiger partial charge on any atom is -0.377 e. The second-order valence-corrected chi connectivity index (χ2v) is 3.72. The highest BCUT2D eigenvalue weighted by molar-refractivity contribution is 4.54. The van der Waals surface area contributed by atoms with Crippen LogP contribution in [-0.4, -0.2) is 38.8 Å². The van der Waals surface area contributed by atoms with Crippen molar-refractivity contribution >= 4 is 0 Å². The average molecular weight is 203 g/mol. The number of hydrogen-bond donors (Lipinski definition) is 1. The van der Waals surface area contributed by atoms with Gasteiger partial charge >= 0.3 is 0 Å². The van der Waals surface area contributed by atoms with Gasteiger partial charge in [-0.25, -0.2) is 0 Å². The maximum atomic E-state index is 5.53. The zero-order valence-corrected chi connectivity index (χ0v) is 8.91. The van der Waals surface area contributed by atoms with E-state index in [0.29, 0.717) is 19.8 Å². The highest BCUT2D eigenvalue weighted by atomic mass is 16.7. The van der Waals surface area contributed by atoms with Crippen LogP contribution < -0.4 is 5.73 Å². The van der Waals surface area contributed by atoms with E-state index in [1.807, 2.05) is 6.92 Å². The Hall–Kier alpha value is -0.160. The Morgan fingerprint density at radius 2 is 2.29 bits per heavy atom. The molecule has 0 spiro atoms. The Balaban J connectivity index is 1.87. The van der Waals surface area contributed by atoms with Crippen molar-refractivity contribution in [3.63, 3.8) is 0 Å². The molecular formula is C10H21NO3. The van der Waals surface area contributed by atoms with Crippen LogP contribution in [0.4, 0.5) is 0 Å². The Morgan fingerprint density at radius 3 is 2.93 bits per heavy atom. The van der Waals surface area contributed by atoms with Crippen molar-refractivity contribution in [3.8, 4) is 0 Å². The van der Waals surface area contributed by atoms with Gasteiger partial charge in [-0.15, -0.1) is 0 Å². The molecule has 1 saturated heterocycles. The Kier molecular flexibility index (Phi) is 6.10. The van der Waals surface area contributed by atoms with Crippen LogP contribution in [0.1, 0.15) is 26.2 Å². The van der Waals surface area contributed by atoms with E-state index in [4.69, 9.17) is 19.9 Å². The van der Waals surface area contributed by atoms with Crippen LogP contribution in [0.2, 0.25) is 0 Å². The summed E-state index contributed by atoms with van der Waals surface area (Å²) in [6.45, 7) is 4.53. The van der Waals surface area contributed by atoms with Gasteiger partial charge in [0.15, 0.2) is 6.29 Å². The summed E-state index contributed by atoms with van der Waals surface area (Å²) in [5.41, 5.74) is 5.53. The fourth-order valence-electron chi connectivity index (χ4n) is 1.35. The van der Waals surface area contributed by atoms with Gasteiger partial charge in [0, 0.05) is 12.6 Å². The maximum absolute atomic E-state index is 5.53. The van der Waals surface area contributed by atoms with Crippen LogP contribution in [0.25, 0.3) is 0 Å². The van der Waals surface area contributed by atoms with Crippen LogP contribution in [-0.2, 0) is 14.2 Å². The van der Waals surface area contributed by atoms with E-state index < -0.39 is 0 Å². The average Bonchev–Trinajstić information content (AvgIpc) is 2.18. The Bertz CT molecular complexity index is 135. The molecule has 1 fully saturated rings. The third-order valence-corrected chi connectivity index (χ3v) is 2.05. The van der Waals surface area contributed by atoms with E-state index in [9.17, 15) is 0 Å². The van der Waals surface area contributed by atoms with Crippen molar-refractivity contribution in [2.24, 2.45) is 5.73 Å². The third kappa shape index (κ3) is 5.54. The number of rotatable bonds is 6. The predicted molar refractivity (Wildman–Crippen MR) is 54.0 cm³/mol. The van der Waals surface area contributed by atoms with Gasteiger partial charge in [-0.3, -0.25) is 0 Å². The lowest BCUT2D eigenvalue weighted by Crippen LogP contribution is -2.26. The molecule has 1 rings (SSSR count). The van der Waals surface area contributed by atoms with Gasteiger partial charge in [0.2, 0.25) is 0 Å². The minimum absolute atomic E-state index is 0.0114. The van der Waals surface area contributed by atoms with Crippen LogP contribution in [0.15, 0.2) is 0 Å². The lowest BCUT2D eigenvalue weighted by molar-refractivity contribution is -0.169. The first kappa shape index (κ1) is 11.9. The summed E-state index contributed by atoms with van der Waals surface area (Å²) in [7, 11) is 0. The van der Waals surface area contributed by atoms with Gasteiger partial charge in [0.05, 0.1) is 19.8 Å². The molecule has 4 heteroatoms. The van der Waals surface area contributed by atoms with Crippen molar-refractivity contribution in [1.82, 2.24) is 0 Å². The molecule has 0 saturated carbocycles. The van der Waals surface area contributed by atoms with E-state index in [0.717, 1.165) is 19.4 Å². The van der Waals surface area contributed by atoms with E-state index in [1.165, 1.54) is 6.42 Å². The first-order valence-corrected chi connectivity index (χ1v) is 5.35. The normalized spacial score (nSPS) is 24.9. The highest BCUT2D eigenvalue weighted by Crippen LogP contribution is 2.13. The van der Waals surface area contributed by atoms with Gasteiger partial charge in [-0.2, -0.15) is 0 Å². The van der Waals surface area contributed by atoms with Crippen molar-refractivity contribution in [2.75, 3.05) is 26.4 Å². The van der Waals surface area contributed by atoms with E-state index in [2.05, 4.69) is 0 Å². The molecule has 0 aromatic heterocycles. The Labute approximate surface area is 85.7 Å². The third-order valence-electron chi connectivity index (χ3n) is 2.05. The molecule has 1 heterocycles. The molecule has 14 heavy (non-hydrogen) atoms. The van der Waals surface area contributed by atoms with Crippen LogP contribution in [0, 0.1) is 0 Å². The van der Waals surface area contributed by atoms with Crippen LogP contribution in [0.5, 0.6) is 0 Å². The molecule has 4 nitrogen and oxygen atoms in total. The summed E-state index contributed by atoms with van der Waals surface area (Å²) in [5.74, 6) is 0. The van der Waals surface area contributed by atoms with E-state index in [-0.39, 0.29) is 12.3 Å². The first-order chi connectivity index (χ1) is 6.79. The van der Waals surface area contributed by atoms with Crippen LogP contribution >= 0.6 is 0 Å². The summed E-state index contributed by atoms with van der Waals surface area (Å²) >= 11 is 0. The molecule has 0 aliphatic carbocycles. The molecule has 0 amide bonds. The molecule has 0 aromatic rings. The van der Waals surface area contributed by atoms with Gasteiger partial charge in [0.25, 0.3) is 0 Å². The monoisotopic (exact) mass is 203 g/mol. The molecule has 84 valence electrons. The van der Waals surface area contributed by atoms with Gasteiger partial charge < -0.3 is 19.9 Å². The molecule has 1 aliphatic rings. The molecule has 2 N–H and O–H groups in total. The second kappa shape index (κ2) is 7.17. The zero-order chi connectivity index (χ0) is 10.2. The van der Waals surface area contributed by atoms with E-state index in [1.54, 1.807) is 0 Å². The molecular weight excluding hydrogens is 182 g/mol. The van der Waals surface area contributed by atoms with E-state index >= 15 is 0 Å². The van der Waals surface area contributed by atoms with Gasteiger partial charge in [-0.05, 0) is 26.2 Å². The number of nitrogens with two attached hydrogens (primary N) is 1. The number of ether oxygens (including phenoxy) is 3. The fraction of sp³-hybridized carbons (Fsp3) is 1.00. The topological polar surface area (TPSA) is 53.7 Å². The molecule has 2 unspecified atom stereocenters. The smallest absolute Gasteiger partial charge is 0.157 e.